The Morgan fingerprint density at radius 2 is 1.69 bits per heavy atom. The van der Waals surface area contributed by atoms with Gasteiger partial charge in [0.15, 0.2) is 0 Å². The highest BCUT2D eigenvalue weighted by molar-refractivity contribution is 7.21. The van der Waals surface area contributed by atoms with Crippen molar-refractivity contribution in [2.75, 3.05) is 10.6 Å². The van der Waals surface area contributed by atoms with Crippen molar-refractivity contribution >= 4 is 44.7 Å². The summed E-state index contributed by atoms with van der Waals surface area (Å²) in [6.45, 7) is 3.50. The van der Waals surface area contributed by atoms with E-state index in [4.69, 9.17) is 4.98 Å². The number of hydrogen-bond donors (Lipinski definition) is 2. The first-order chi connectivity index (χ1) is 14.0. The zero-order valence-corrected chi connectivity index (χ0v) is 16.8. The van der Waals surface area contributed by atoms with Gasteiger partial charge in [-0.2, -0.15) is 0 Å². The molecule has 6 heteroatoms. The van der Waals surface area contributed by atoms with Crippen LogP contribution in [0.1, 0.15) is 22.8 Å². The molecule has 0 radical (unpaired) electrons. The first kappa shape index (κ1) is 18.8. The number of carbonyl (C=O) groups excluding carboxylic acids is 2. The van der Waals surface area contributed by atoms with Crippen LogP contribution in [0.4, 0.5) is 11.4 Å². The minimum absolute atomic E-state index is 0.178. The topological polar surface area (TPSA) is 71.1 Å². The number of nitrogens with zero attached hydrogens (tertiary/aromatic N) is 1. The molecule has 4 rings (SSSR count). The molecule has 144 valence electrons. The number of anilines is 2. The molecule has 2 amide bonds. The Kier molecular flexibility index (Phi) is 5.10. The maximum Gasteiger partial charge on any atom is 0.255 e. The van der Waals surface area contributed by atoms with Crippen LogP contribution in [0.5, 0.6) is 0 Å². The third kappa shape index (κ3) is 4.33. The van der Waals surface area contributed by atoms with Crippen LogP contribution in [0.2, 0.25) is 0 Å². The van der Waals surface area contributed by atoms with Gasteiger partial charge >= 0.3 is 0 Å². The number of rotatable bonds is 4. The summed E-state index contributed by atoms with van der Waals surface area (Å²) in [5.41, 5.74) is 4.98. The number of carbonyl (C=O) groups is 2. The standard InChI is InChI=1S/C23H19N3O2S/c1-14-6-11-20-21(12-14)29-23(26-20)16-7-9-18(10-8-16)25-22(28)17-4-3-5-19(13-17)24-15(2)27/h3-13H,1-2H3,(H,24,27)(H,25,28). The van der Waals surface area contributed by atoms with E-state index in [1.807, 2.05) is 30.3 Å². The summed E-state index contributed by atoms with van der Waals surface area (Å²) in [6.07, 6.45) is 0. The van der Waals surface area contributed by atoms with Gasteiger partial charge in [0.05, 0.1) is 10.2 Å². The van der Waals surface area contributed by atoms with Gasteiger partial charge in [0, 0.05) is 29.4 Å². The smallest absolute Gasteiger partial charge is 0.255 e. The molecule has 1 aromatic heterocycles. The van der Waals surface area contributed by atoms with Crippen molar-refractivity contribution < 1.29 is 9.59 Å². The van der Waals surface area contributed by atoms with E-state index >= 15 is 0 Å². The Bertz CT molecular complexity index is 1210. The summed E-state index contributed by atoms with van der Waals surface area (Å²) in [5, 5.41) is 6.51. The summed E-state index contributed by atoms with van der Waals surface area (Å²) >= 11 is 1.65. The second-order valence-electron chi connectivity index (χ2n) is 6.78. The number of benzene rings is 3. The van der Waals surface area contributed by atoms with E-state index in [0.717, 1.165) is 20.8 Å². The van der Waals surface area contributed by atoms with Crippen LogP contribution >= 0.6 is 11.3 Å². The van der Waals surface area contributed by atoms with Crippen LogP contribution in [-0.4, -0.2) is 16.8 Å². The molecule has 1 heterocycles. The number of fused-ring (bicyclic) bond motifs is 1. The number of hydrogen-bond acceptors (Lipinski definition) is 4. The Hall–Kier alpha value is -3.51. The van der Waals surface area contributed by atoms with Gasteiger partial charge in [0.25, 0.3) is 5.91 Å². The zero-order chi connectivity index (χ0) is 20.4. The first-order valence-corrected chi connectivity index (χ1v) is 9.96. The van der Waals surface area contributed by atoms with Crippen molar-refractivity contribution in [2.24, 2.45) is 0 Å². The van der Waals surface area contributed by atoms with Gasteiger partial charge in [-0.25, -0.2) is 4.98 Å². The molecule has 29 heavy (non-hydrogen) atoms. The first-order valence-electron chi connectivity index (χ1n) is 9.14. The maximum atomic E-state index is 12.5. The summed E-state index contributed by atoms with van der Waals surface area (Å²) in [5.74, 6) is -0.413. The van der Waals surface area contributed by atoms with Crippen molar-refractivity contribution in [1.82, 2.24) is 4.98 Å². The number of thiazole rings is 1. The molecule has 0 atom stereocenters. The zero-order valence-electron chi connectivity index (χ0n) is 16.0. The average molecular weight is 401 g/mol. The van der Waals surface area contributed by atoms with Crippen LogP contribution in [0.25, 0.3) is 20.8 Å². The highest BCUT2D eigenvalue weighted by atomic mass is 32.1. The lowest BCUT2D eigenvalue weighted by molar-refractivity contribution is -0.114. The Morgan fingerprint density at radius 3 is 2.45 bits per heavy atom. The molecule has 3 aromatic carbocycles. The van der Waals surface area contributed by atoms with Gasteiger partial charge in [0.2, 0.25) is 5.91 Å². The lowest BCUT2D eigenvalue weighted by Crippen LogP contribution is -2.13. The molecule has 0 aliphatic carbocycles. The highest BCUT2D eigenvalue weighted by Gasteiger charge is 2.09. The maximum absolute atomic E-state index is 12.5. The lowest BCUT2D eigenvalue weighted by atomic mass is 10.1. The second-order valence-corrected chi connectivity index (χ2v) is 7.81. The van der Waals surface area contributed by atoms with Crippen molar-refractivity contribution in [1.29, 1.82) is 0 Å². The van der Waals surface area contributed by atoms with Gasteiger partial charge in [-0.1, -0.05) is 12.1 Å². The van der Waals surface area contributed by atoms with Gasteiger partial charge in [-0.05, 0) is 67.1 Å². The van der Waals surface area contributed by atoms with Gasteiger partial charge in [-0.15, -0.1) is 11.3 Å². The van der Waals surface area contributed by atoms with E-state index in [2.05, 4.69) is 29.7 Å². The van der Waals surface area contributed by atoms with Gasteiger partial charge in [0.1, 0.15) is 5.01 Å². The fourth-order valence-corrected chi connectivity index (χ4v) is 4.07. The normalized spacial score (nSPS) is 10.7. The molecule has 0 bridgehead atoms. The van der Waals surface area contributed by atoms with Crippen molar-refractivity contribution in [3.63, 3.8) is 0 Å². The quantitative estimate of drug-likeness (QED) is 0.475. The Labute approximate surface area is 172 Å². The van der Waals surface area contributed by atoms with Gasteiger partial charge < -0.3 is 10.6 Å². The van der Waals surface area contributed by atoms with Crippen LogP contribution in [0, 0.1) is 6.92 Å². The minimum atomic E-state index is -0.236. The summed E-state index contributed by atoms with van der Waals surface area (Å²) < 4.78 is 1.16. The third-order valence-corrected chi connectivity index (χ3v) is 5.45. The fraction of sp³-hybridized carbons (Fsp3) is 0.0870. The lowest BCUT2D eigenvalue weighted by Gasteiger charge is -2.08. The molecular formula is C23H19N3O2S. The molecule has 0 aliphatic rings. The van der Waals surface area contributed by atoms with Crippen LogP contribution in [-0.2, 0) is 4.79 Å². The Morgan fingerprint density at radius 1 is 0.897 bits per heavy atom. The summed E-state index contributed by atoms with van der Waals surface area (Å²) in [4.78, 5) is 28.4. The monoisotopic (exact) mass is 401 g/mol. The second kappa shape index (κ2) is 7.85. The van der Waals surface area contributed by atoms with E-state index < -0.39 is 0 Å². The number of amides is 2. The average Bonchev–Trinajstić information content (AvgIpc) is 3.11. The summed E-state index contributed by atoms with van der Waals surface area (Å²) in [6, 6.07) is 20.7. The number of aryl methyl sites for hydroxylation is 1. The molecule has 0 unspecified atom stereocenters. The summed E-state index contributed by atoms with van der Waals surface area (Å²) in [7, 11) is 0. The SMILES string of the molecule is CC(=O)Nc1cccc(C(=O)Nc2ccc(-c3nc4ccc(C)cc4s3)cc2)c1. The molecule has 2 N–H and O–H groups in total. The molecule has 0 aliphatic heterocycles. The Balaban J connectivity index is 1.50. The fourth-order valence-electron chi connectivity index (χ4n) is 3.00. The van der Waals surface area contributed by atoms with E-state index in [1.165, 1.54) is 12.5 Å². The van der Waals surface area contributed by atoms with E-state index in [0.29, 0.717) is 16.9 Å². The van der Waals surface area contributed by atoms with Crippen molar-refractivity contribution in [3.05, 3.63) is 77.9 Å². The molecule has 0 saturated carbocycles. The predicted molar refractivity (Wildman–Crippen MR) is 118 cm³/mol. The van der Waals surface area contributed by atoms with E-state index in [9.17, 15) is 9.59 Å². The van der Waals surface area contributed by atoms with Crippen LogP contribution in [0.15, 0.2) is 66.7 Å². The largest absolute Gasteiger partial charge is 0.326 e. The molecular weight excluding hydrogens is 382 g/mol. The third-order valence-electron chi connectivity index (χ3n) is 4.38. The predicted octanol–water partition coefficient (Wildman–Crippen LogP) is 5.48. The molecule has 0 saturated heterocycles. The molecule has 0 fully saturated rings. The molecule has 4 aromatic rings. The molecule has 0 spiro atoms. The van der Waals surface area contributed by atoms with Gasteiger partial charge in [-0.3, -0.25) is 9.59 Å². The van der Waals surface area contributed by atoms with E-state index in [1.54, 1.807) is 35.6 Å². The minimum Gasteiger partial charge on any atom is -0.326 e. The van der Waals surface area contributed by atoms with Crippen molar-refractivity contribution in [2.45, 2.75) is 13.8 Å². The van der Waals surface area contributed by atoms with Crippen molar-refractivity contribution in [3.8, 4) is 10.6 Å². The van der Waals surface area contributed by atoms with Crippen LogP contribution in [0.3, 0.4) is 0 Å². The van der Waals surface area contributed by atoms with Crippen LogP contribution < -0.4 is 10.6 Å². The highest BCUT2D eigenvalue weighted by Crippen LogP contribution is 2.31. The van der Waals surface area contributed by atoms with E-state index in [-0.39, 0.29) is 11.8 Å². The molecule has 5 nitrogen and oxygen atoms in total. The number of nitrogens with one attached hydrogen (secondary N) is 2. The number of aromatic nitrogens is 1.